The zero-order chi connectivity index (χ0) is 28.0. The highest BCUT2D eigenvalue weighted by Gasteiger charge is 2.35. The van der Waals surface area contributed by atoms with E-state index in [1.807, 2.05) is 0 Å². The standard InChI is InChI=1S/C26H33Cl2FN4O4S/c1-4-24(26(35)30-19-8-5-6-9-19)32(16-21-22(27)10-7-11-23(21)28)25(34)17-33(38(36,37)31(2)3)20-14-12-18(29)13-15-20/h7,10-15,19,24H,4-6,8-9,16-17H2,1-3H3,(H,30,35)/t24-/m0/s1. The van der Waals surface area contributed by atoms with E-state index in [1.54, 1.807) is 25.1 Å². The average Bonchev–Trinajstić information content (AvgIpc) is 3.37. The van der Waals surface area contributed by atoms with Crippen LogP contribution in [0.5, 0.6) is 0 Å². The molecule has 2 aromatic rings. The second-order valence-electron chi connectivity index (χ2n) is 9.41. The molecule has 1 N–H and O–H groups in total. The molecule has 2 aromatic carbocycles. The van der Waals surface area contributed by atoms with Gasteiger partial charge in [0.05, 0.1) is 5.69 Å². The van der Waals surface area contributed by atoms with E-state index in [2.05, 4.69) is 5.32 Å². The normalized spacial score (nSPS) is 14.9. The molecule has 3 rings (SSSR count). The Balaban J connectivity index is 2.00. The van der Waals surface area contributed by atoms with E-state index >= 15 is 0 Å². The summed E-state index contributed by atoms with van der Waals surface area (Å²) in [6.07, 6.45) is 4.06. The fourth-order valence-electron chi connectivity index (χ4n) is 4.46. The number of carbonyl (C=O) groups is 2. The third-order valence-electron chi connectivity index (χ3n) is 6.61. The van der Waals surface area contributed by atoms with Crippen molar-refractivity contribution >= 4 is 50.9 Å². The van der Waals surface area contributed by atoms with Crippen molar-refractivity contribution in [2.45, 2.75) is 57.7 Å². The Bertz CT molecular complexity index is 1220. The molecule has 38 heavy (non-hydrogen) atoms. The van der Waals surface area contributed by atoms with Gasteiger partial charge in [-0.2, -0.15) is 12.7 Å². The maximum absolute atomic E-state index is 13.9. The number of nitrogens with one attached hydrogen (secondary N) is 1. The second-order valence-corrected chi connectivity index (χ2v) is 12.3. The molecule has 1 aliphatic carbocycles. The summed E-state index contributed by atoms with van der Waals surface area (Å²) in [5, 5.41) is 3.67. The summed E-state index contributed by atoms with van der Waals surface area (Å²) < 4.78 is 41.9. The Morgan fingerprint density at radius 3 is 2.16 bits per heavy atom. The molecule has 1 atom stereocenters. The molecule has 0 heterocycles. The number of anilines is 1. The zero-order valence-electron chi connectivity index (χ0n) is 21.7. The third-order valence-corrected chi connectivity index (χ3v) is 9.14. The van der Waals surface area contributed by atoms with Crippen molar-refractivity contribution in [1.29, 1.82) is 0 Å². The van der Waals surface area contributed by atoms with Gasteiger partial charge in [0.25, 0.3) is 0 Å². The molecule has 0 unspecified atom stereocenters. The second kappa shape index (κ2) is 13.1. The first kappa shape index (κ1) is 30.1. The Morgan fingerprint density at radius 2 is 1.63 bits per heavy atom. The summed E-state index contributed by atoms with van der Waals surface area (Å²) in [5.74, 6) is -1.50. The van der Waals surface area contributed by atoms with E-state index in [-0.39, 0.29) is 30.6 Å². The summed E-state index contributed by atoms with van der Waals surface area (Å²) in [6.45, 7) is 1.05. The minimum Gasteiger partial charge on any atom is -0.352 e. The number of hydrogen-bond donors (Lipinski definition) is 1. The summed E-state index contributed by atoms with van der Waals surface area (Å²) >= 11 is 12.8. The van der Waals surface area contributed by atoms with Crippen molar-refractivity contribution < 1.29 is 22.4 Å². The quantitative estimate of drug-likeness (QED) is 0.416. The minimum absolute atomic E-state index is 0.0298. The molecule has 1 aliphatic rings. The van der Waals surface area contributed by atoms with E-state index < -0.39 is 34.5 Å². The van der Waals surface area contributed by atoms with E-state index in [1.165, 1.54) is 31.1 Å². The van der Waals surface area contributed by atoms with Gasteiger partial charge >= 0.3 is 10.2 Å². The van der Waals surface area contributed by atoms with E-state index in [0.717, 1.165) is 46.4 Å². The molecule has 0 radical (unpaired) electrons. The zero-order valence-corrected chi connectivity index (χ0v) is 24.0. The molecular formula is C26H33Cl2FN4O4S. The number of rotatable bonds is 11. The third kappa shape index (κ3) is 7.16. The number of amides is 2. The van der Waals surface area contributed by atoms with E-state index in [0.29, 0.717) is 15.6 Å². The molecule has 2 amide bonds. The highest BCUT2D eigenvalue weighted by Crippen LogP contribution is 2.28. The van der Waals surface area contributed by atoms with Crippen molar-refractivity contribution in [3.05, 3.63) is 63.9 Å². The lowest BCUT2D eigenvalue weighted by Crippen LogP contribution is -2.54. The Kier molecular flexibility index (Phi) is 10.4. The van der Waals surface area contributed by atoms with Gasteiger partial charge in [0.15, 0.2) is 0 Å². The highest BCUT2D eigenvalue weighted by atomic mass is 35.5. The Hall–Kier alpha value is -2.40. The largest absolute Gasteiger partial charge is 0.352 e. The first-order valence-electron chi connectivity index (χ1n) is 12.4. The molecule has 12 heteroatoms. The average molecular weight is 588 g/mol. The first-order chi connectivity index (χ1) is 17.9. The topological polar surface area (TPSA) is 90.0 Å². The number of halogens is 3. The van der Waals surface area contributed by atoms with Gasteiger partial charge in [-0.1, -0.05) is 49.0 Å². The van der Waals surface area contributed by atoms with Crippen LogP contribution in [-0.4, -0.2) is 62.2 Å². The maximum atomic E-state index is 13.9. The van der Waals surface area contributed by atoms with E-state index in [9.17, 15) is 22.4 Å². The SMILES string of the molecule is CC[C@@H](C(=O)NC1CCCC1)N(Cc1c(Cl)cccc1Cl)C(=O)CN(c1ccc(F)cc1)S(=O)(=O)N(C)C. The van der Waals surface area contributed by atoms with Crippen LogP contribution in [0.4, 0.5) is 10.1 Å². The summed E-state index contributed by atoms with van der Waals surface area (Å²) in [7, 11) is -1.48. The van der Waals surface area contributed by atoms with Crippen molar-refractivity contribution in [1.82, 2.24) is 14.5 Å². The minimum atomic E-state index is -4.15. The smallest absolute Gasteiger partial charge is 0.304 e. The predicted octanol–water partition coefficient (Wildman–Crippen LogP) is 4.61. The van der Waals surface area contributed by atoms with Gasteiger partial charge in [-0.05, 0) is 55.7 Å². The predicted molar refractivity (Wildman–Crippen MR) is 148 cm³/mol. The van der Waals surface area contributed by atoms with Crippen LogP contribution in [-0.2, 0) is 26.3 Å². The van der Waals surface area contributed by atoms with Gasteiger partial charge in [-0.3, -0.25) is 9.59 Å². The van der Waals surface area contributed by atoms with Crippen molar-refractivity contribution in [2.75, 3.05) is 24.9 Å². The number of benzene rings is 2. The van der Waals surface area contributed by atoms with Crippen LogP contribution in [0.25, 0.3) is 0 Å². The Morgan fingerprint density at radius 1 is 1.05 bits per heavy atom. The fraction of sp³-hybridized carbons (Fsp3) is 0.462. The van der Waals surface area contributed by atoms with Crippen LogP contribution in [0.15, 0.2) is 42.5 Å². The van der Waals surface area contributed by atoms with E-state index in [4.69, 9.17) is 23.2 Å². The molecule has 1 fully saturated rings. The summed E-state index contributed by atoms with van der Waals surface area (Å²) in [4.78, 5) is 28.6. The van der Waals surface area contributed by atoms with Crippen LogP contribution in [0.3, 0.4) is 0 Å². The lowest BCUT2D eigenvalue weighted by atomic mass is 10.1. The van der Waals surface area contributed by atoms with Gasteiger partial charge in [-0.15, -0.1) is 0 Å². The summed E-state index contributed by atoms with van der Waals surface area (Å²) in [6, 6.07) is 8.86. The van der Waals surface area contributed by atoms with Gasteiger partial charge in [0.2, 0.25) is 11.8 Å². The van der Waals surface area contributed by atoms with Crippen LogP contribution >= 0.6 is 23.2 Å². The van der Waals surface area contributed by atoms with Gasteiger partial charge < -0.3 is 10.2 Å². The molecule has 208 valence electrons. The molecule has 0 aromatic heterocycles. The fourth-order valence-corrected chi connectivity index (χ4v) is 6.04. The van der Waals surface area contributed by atoms with Crippen LogP contribution in [0, 0.1) is 5.82 Å². The van der Waals surface area contributed by atoms with Crippen LogP contribution in [0.1, 0.15) is 44.6 Å². The molecule has 0 spiro atoms. The highest BCUT2D eigenvalue weighted by molar-refractivity contribution is 7.90. The molecule has 0 saturated heterocycles. The molecular weight excluding hydrogens is 554 g/mol. The van der Waals surface area contributed by atoms with Crippen molar-refractivity contribution in [3.8, 4) is 0 Å². The van der Waals surface area contributed by atoms with Gasteiger partial charge in [-0.25, -0.2) is 8.70 Å². The van der Waals surface area contributed by atoms with Gasteiger partial charge in [0.1, 0.15) is 18.4 Å². The number of carbonyl (C=O) groups excluding carboxylic acids is 2. The number of nitrogens with zero attached hydrogens (tertiary/aromatic N) is 3. The number of hydrogen-bond acceptors (Lipinski definition) is 4. The van der Waals surface area contributed by atoms with Crippen LogP contribution < -0.4 is 9.62 Å². The van der Waals surface area contributed by atoms with Crippen molar-refractivity contribution in [3.63, 3.8) is 0 Å². The summed E-state index contributed by atoms with van der Waals surface area (Å²) in [5.41, 5.74) is 0.549. The molecule has 0 aliphatic heterocycles. The van der Waals surface area contributed by atoms with Gasteiger partial charge in [0, 0.05) is 42.3 Å². The van der Waals surface area contributed by atoms with Crippen molar-refractivity contribution in [2.24, 2.45) is 0 Å². The first-order valence-corrected chi connectivity index (χ1v) is 14.6. The maximum Gasteiger partial charge on any atom is 0.304 e. The lowest BCUT2D eigenvalue weighted by Gasteiger charge is -2.34. The molecule has 8 nitrogen and oxygen atoms in total. The molecule has 1 saturated carbocycles. The monoisotopic (exact) mass is 586 g/mol. The molecule has 0 bridgehead atoms. The Labute approximate surface area is 233 Å². The van der Waals surface area contributed by atoms with Crippen LogP contribution in [0.2, 0.25) is 10.0 Å². The lowest BCUT2D eigenvalue weighted by molar-refractivity contribution is -0.140.